The van der Waals surface area contributed by atoms with E-state index in [0.29, 0.717) is 30.2 Å². The van der Waals surface area contributed by atoms with Gasteiger partial charge in [0.2, 0.25) is 6.43 Å². The van der Waals surface area contributed by atoms with Crippen LogP contribution in [0.25, 0.3) is 16.9 Å². The largest absolute Gasteiger partial charge is 0.496 e. The number of hydrogen-bond acceptors (Lipinski definition) is 4. The highest BCUT2D eigenvalue weighted by atomic mass is 19.3. The van der Waals surface area contributed by atoms with Gasteiger partial charge in [-0.15, -0.1) is 0 Å². The number of rotatable bonds is 7. The zero-order valence-electron chi connectivity index (χ0n) is 20.4. The minimum atomic E-state index is -2.17. The van der Waals surface area contributed by atoms with Crippen molar-refractivity contribution < 1.29 is 23.4 Å². The maximum atomic E-state index is 12.7. The van der Waals surface area contributed by atoms with Gasteiger partial charge in [-0.2, -0.15) is 0 Å². The molecule has 0 aliphatic heterocycles. The molecule has 2 aromatic heterocycles. The van der Waals surface area contributed by atoms with Crippen molar-refractivity contribution in [2.24, 2.45) is 0 Å². The normalized spacial score (nSPS) is 13.6. The molecule has 1 aliphatic carbocycles. The summed E-state index contributed by atoms with van der Waals surface area (Å²) >= 11 is 0. The van der Waals surface area contributed by atoms with E-state index in [0.717, 1.165) is 47.8 Å². The average Bonchev–Trinajstić information content (AvgIpc) is 3.51. The lowest BCUT2D eigenvalue weighted by molar-refractivity contribution is 0.0284. The summed E-state index contributed by atoms with van der Waals surface area (Å²) in [5.41, 5.74) is 4.08. The van der Waals surface area contributed by atoms with E-state index in [-0.39, 0.29) is 5.91 Å². The quantitative estimate of drug-likeness (QED) is 0.476. The number of methoxy groups -OCH3 is 1. The number of nitrogens with one attached hydrogen (secondary N) is 1. The molecule has 1 amide bonds. The van der Waals surface area contributed by atoms with Crippen LogP contribution >= 0.6 is 0 Å². The van der Waals surface area contributed by atoms with Crippen molar-refractivity contribution in [3.8, 4) is 17.0 Å². The predicted molar refractivity (Wildman–Crippen MR) is 129 cm³/mol. The Hall–Kier alpha value is -3.00. The molecule has 0 bridgehead atoms. The topological polar surface area (TPSA) is 75.9 Å². The Kier molecular flexibility index (Phi) is 7.92. The van der Waals surface area contributed by atoms with Crippen molar-refractivity contribution in [1.82, 2.24) is 14.7 Å². The number of amides is 1. The number of aromatic nitrogens is 2. The number of alkyl halides is 2. The zero-order valence-corrected chi connectivity index (χ0v) is 20.4. The van der Waals surface area contributed by atoms with Gasteiger partial charge in [-0.25, -0.2) is 13.8 Å². The molecule has 1 saturated carbocycles. The second-order valence-corrected chi connectivity index (χ2v) is 8.66. The monoisotopic (exact) mass is 473 g/mol. The van der Waals surface area contributed by atoms with Crippen LogP contribution in [0.15, 0.2) is 36.7 Å². The van der Waals surface area contributed by atoms with E-state index in [2.05, 4.69) is 10.3 Å². The molecular formula is C26H33F2N3O3. The van der Waals surface area contributed by atoms with Gasteiger partial charge in [-0.05, 0) is 74.9 Å². The maximum absolute atomic E-state index is 12.7. The fourth-order valence-corrected chi connectivity index (χ4v) is 3.98. The zero-order chi connectivity index (χ0) is 25.0. The van der Waals surface area contributed by atoms with E-state index in [1.165, 1.54) is 0 Å². The van der Waals surface area contributed by atoms with Crippen LogP contribution in [0.4, 0.5) is 8.78 Å². The highest BCUT2D eigenvalue weighted by Gasteiger charge is 2.27. The predicted octanol–water partition coefficient (Wildman–Crippen LogP) is 5.49. The first kappa shape index (κ1) is 25.6. The van der Waals surface area contributed by atoms with E-state index in [1.54, 1.807) is 7.11 Å². The smallest absolute Gasteiger partial charge is 0.255 e. The third-order valence-electron chi connectivity index (χ3n) is 6.18. The van der Waals surface area contributed by atoms with Crippen LogP contribution in [0.5, 0.6) is 5.75 Å². The highest BCUT2D eigenvalue weighted by molar-refractivity contribution is 5.99. The molecule has 3 aromatic rings. The molecule has 0 radical (unpaired) electrons. The van der Waals surface area contributed by atoms with Gasteiger partial charge in [0.1, 0.15) is 11.4 Å². The number of aliphatic hydroxyl groups is 1. The van der Waals surface area contributed by atoms with Gasteiger partial charge < -0.3 is 15.2 Å². The Labute approximate surface area is 199 Å². The van der Waals surface area contributed by atoms with Crippen LogP contribution in [-0.4, -0.2) is 40.0 Å². The molecule has 34 heavy (non-hydrogen) atoms. The van der Waals surface area contributed by atoms with Gasteiger partial charge in [0.25, 0.3) is 5.91 Å². The molecule has 4 rings (SSSR count). The fourth-order valence-electron chi connectivity index (χ4n) is 3.98. The van der Waals surface area contributed by atoms with Crippen molar-refractivity contribution in [3.63, 3.8) is 0 Å². The summed E-state index contributed by atoms with van der Waals surface area (Å²) in [6.45, 7) is 6.74. The summed E-state index contributed by atoms with van der Waals surface area (Å²) < 4.78 is 28.2. The number of carbonyl (C=O) groups is 1. The first-order chi connectivity index (χ1) is 16.1. The van der Waals surface area contributed by atoms with Crippen molar-refractivity contribution in [1.29, 1.82) is 0 Å². The molecule has 1 aromatic carbocycles. The van der Waals surface area contributed by atoms with E-state index in [1.807, 2.05) is 61.8 Å². The number of aryl methyl sites for hydroxylation is 1. The molecule has 1 aliphatic rings. The second-order valence-electron chi connectivity index (χ2n) is 8.66. The number of benzene rings is 1. The summed E-state index contributed by atoms with van der Waals surface area (Å²) in [7, 11) is 1.59. The van der Waals surface area contributed by atoms with Gasteiger partial charge in [-0.1, -0.05) is 13.8 Å². The maximum Gasteiger partial charge on any atom is 0.255 e. The Morgan fingerprint density at radius 1 is 1.29 bits per heavy atom. The summed E-state index contributed by atoms with van der Waals surface area (Å²) in [4.78, 5) is 17.2. The first-order valence-corrected chi connectivity index (χ1v) is 11.6. The average molecular weight is 474 g/mol. The fraction of sp³-hybridized carbons (Fsp3) is 0.462. The first-order valence-electron chi connectivity index (χ1n) is 11.6. The molecule has 2 heterocycles. The van der Waals surface area contributed by atoms with Crippen molar-refractivity contribution in [2.75, 3.05) is 7.11 Å². The molecule has 0 spiro atoms. The molecular weight excluding hydrogens is 440 g/mol. The van der Waals surface area contributed by atoms with E-state index in [4.69, 9.17) is 4.74 Å². The number of nitrogens with zero attached hydrogens (tertiary/aromatic N) is 2. The second kappa shape index (κ2) is 10.5. The summed E-state index contributed by atoms with van der Waals surface area (Å²) in [6, 6.07) is 8.07. The molecule has 0 unspecified atom stereocenters. The highest BCUT2D eigenvalue weighted by Crippen LogP contribution is 2.33. The van der Waals surface area contributed by atoms with Gasteiger partial charge in [-0.3, -0.25) is 9.20 Å². The number of pyridine rings is 1. The van der Waals surface area contributed by atoms with Gasteiger partial charge in [0.15, 0.2) is 0 Å². The lowest BCUT2D eigenvalue weighted by atomic mass is 9.89. The number of carbonyl (C=O) groups excluding carboxylic acids is 1. The summed E-state index contributed by atoms with van der Waals surface area (Å²) in [6.07, 6.45) is 4.97. The van der Waals surface area contributed by atoms with Crippen molar-refractivity contribution >= 4 is 11.6 Å². The third kappa shape index (κ3) is 5.55. The van der Waals surface area contributed by atoms with Crippen LogP contribution < -0.4 is 10.1 Å². The van der Waals surface area contributed by atoms with E-state index in [9.17, 15) is 18.7 Å². The lowest BCUT2D eigenvalue weighted by Crippen LogP contribution is -2.26. The standard InChI is InChI=1S/C24H29N3O3.C2H4F2/c1-5-24(29,6-2)17-9-10-27-19(14-25-21(27)13-17)16-11-15(3)22(20(12-16)30-4)23(28)26-18-7-8-18;1-2(3)4/h9-14,18,29H,5-8H2,1-4H3,(H,26,28);2H,1H3. The van der Waals surface area contributed by atoms with Gasteiger partial charge in [0.05, 0.1) is 30.2 Å². The van der Waals surface area contributed by atoms with Crippen LogP contribution in [0.2, 0.25) is 0 Å². The van der Waals surface area contributed by atoms with Crippen LogP contribution in [0, 0.1) is 6.92 Å². The van der Waals surface area contributed by atoms with Crippen LogP contribution in [0.1, 0.15) is 67.9 Å². The van der Waals surface area contributed by atoms with Gasteiger partial charge in [0, 0.05) is 17.8 Å². The third-order valence-corrected chi connectivity index (χ3v) is 6.18. The molecule has 0 atom stereocenters. The number of halogens is 2. The molecule has 1 fully saturated rings. The molecule has 0 saturated heterocycles. The molecule has 184 valence electrons. The Morgan fingerprint density at radius 2 is 1.94 bits per heavy atom. The summed E-state index contributed by atoms with van der Waals surface area (Å²) in [5, 5.41) is 13.9. The number of hydrogen-bond donors (Lipinski definition) is 2. The number of ether oxygens (including phenoxy) is 1. The molecule has 8 heteroatoms. The lowest BCUT2D eigenvalue weighted by Gasteiger charge is -2.25. The molecule has 2 N–H and O–H groups in total. The Morgan fingerprint density at radius 3 is 2.50 bits per heavy atom. The minimum Gasteiger partial charge on any atom is -0.496 e. The number of imidazole rings is 1. The van der Waals surface area contributed by atoms with Gasteiger partial charge >= 0.3 is 0 Å². The molecule has 6 nitrogen and oxygen atoms in total. The summed E-state index contributed by atoms with van der Waals surface area (Å²) in [5.74, 6) is 0.473. The van der Waals surface area contributed by atoms with Crippen LogP contribution in [0.3, 0.4) is 0 Å². The van der Waals surface area contributed by atoms with E-state index >= 15 is 0 Å². The SMILES string of the molecule is CC(F)F.CCC(O)(CC)c1ccn2c(-c3cc(C)c(C(=O)NC4CC4)c(OC)c3)cnc2c1. The number of fused-ring (bicyclic) bond motifs is 1. The van der Waals surface area contributed by atoms with Crippen LogP contribution in [-0.2, 0) is 5.60 Å². The Bertz CT molecular complexity index is 1150. The van der Waals surface area contributed by atoms with Crippen molar-refractivity contribution in [2.45, 2.75) is 71.4 Å². The van der Waals surface area contributed by atoms with E-state index < -0.39 is 12.0 Å². The Balaban J connectivity index is 0.000000751. The van der Waals surface area contributed by atoms with Crippen molar-refractivity contribution in [3.05, 3.63) is 53.3 Å². The minimum absolute atomic E-state index is 0.0837.